The zero-order valence-electron chi connectivity index (χ0n) is 21.4. The van der Waals surface area contributed by atoms with E-state index in [0.717, 1.165) is 11.5 Å². The van der Waals surface area contributed by atoms with Crippen molar-refractivity contribution in [2.45, 2.75) is 0 Å². The smallest absolute Gasteiger partial charge is 0.256 e. The molecule has 0 fully saturated rings. The van der Waals surface area contributed by atoms with Crippen molar-refractivity contribution in [2.24, 2.45) is 0 Å². The molecule has 0 saturated heterocycles. The molecule has 4 heteroatoms. The lowest BCUT2D eigenvalue weighted by molar-refractivity contribution is 0.488. The minimum absolute atomic E-state index is 0.129. The van der Waals surface area contributed by atoms with Crippen molar-refractivity contribution >= 4 is 76.4 Å². The largest absolute Gasteiger partial charge is 0.458 e. The zero-order valence-corrected chi connectivity index (χ0v) is 22.2. The molecule has 2 nitrogen and oxygen atoms in total. The zero-order chi connectivity index (χ0) is 25.9. The van der Waals surface area contributed by atoms with Crippen LogP contribution in [0.25, 0.3) is 58.8 Å². The molecule has 0 radical (unpaired) electrons. The molecule has 0 unspecified atom stereocenters. The Bertz CT molecular complexity index is 2380. The van der Waals surface area contributed by atoms with Gasteiger partial charge in [0.15, 0.2) is 0 Å². The van der Waals surface area contributed by atoms with Crippen LogP contribution >= 0.6 is 11.3 Å². The van der Waals surface area contributed by atoms with Gasteiger partial charge in [-0.3, -0.25) is 0 Å². The number of hydrogen-bond acceptors (Lipinski definition) is 2. The highest BCUT2D eigenvalue weighted by molar-refractivity contribution is 7.26. The maximum Gasteiger partial charge on any atom is 0.256 e. The molecule has 0 bridgehead atoms. The van der Waals surface area contributed by atoms with Gasteiger partial charge >= 0.3 is 0 Å². The van der Waals surface area contributed by atoms with E-state index in [9.17, 15) is 0 Å². The Morgan fingerprint density at radius 2 is 1.43 bits per heavy atom. The van der Waals surface area contributed by atoms with E-state index < -0.39 is 0 Å². The van der Waals surface area contributed by atoms with Crippen LogP contribution in [0.1, 0.15) is 0 Å². The molecule has 10 rings (SSSR count). The fraction of sp³-hybridized carbons (Fsp3) is 0. The summed E-state index contributed by atoms with van der Waals surface area (Å²) in [6, 6.07) is 44.3. The van der Waals surface area contributed by atoms with Gasteiger partial charge in [0.1, 0.15) is 11.5 Å². The summed E-state index contributed by atoms with van der Waals surface area (Å²) in [5.41, 5.74) is 10.1. The number of thiophene rings is 1. The molecule has 2 aromatic heterocycles. The molecule has 8 aromatic rings. The quantitative estimate of drug-likeness (QED) is 0.200. The molecule has 6 aromatic carbocycles. The number of aromatic nitrogens is 1. The predicted molar refractivity (Wildman–Crippen MR) is 170 cm³/mol. The molecule has 2 aliphatic rings. The lowest BCUT2D eigenvalue weighted by Crippen LogP contribution is -2.58. The Morgan fingerprint density at radius 3 is 2.40 bits per heavy atom. The Hall–Kier alpha value is -4.80. The average molecular weight is 525 g/mol. The van der Waals surface area contributed by atoms with Gasteiger partial charge in [0.25, 0.3) is 6.71 Å². The number of fused-ring (bicyclic) bond motifs is 11. The predicted octanol–water partition coefficient (Wildman–Crippen LogP) is 7.75. The first-order chi connectivity index (χ1) is 19.8. The SMILES string of the molecule is c1ccc2c(c1)B1c3ccc(-c4cccc5c4sc4ccccc45)cc3Oc3ccc4c5ccccc5n-2c4c31. The van der Waals surface area contributed by atoms with Crippen LogP contribution in [-0.2, 0) is 0 Å². The van der Waals surface area contributed by atoms with Crippen molar-refractivity contribution in [3.05, 3.63) is 121 Å². The lowest BCUT2D eigenvalue weighted by atomic mass is 9.34. The van der Waals surface area contributed by atoms with Crippen LogP contribution in [0.3, 0.4) is 0 Å². The third kappa shape index (κ3) is 2.55. The number of rotatable bonds is 1. The van der Waals surface area contributed by atoms with E-state index in [1.807, 2.05) is 11.3 Å². The second kappa shape index (κ2) is 7.44. The first-order valence-electron chi connectivity index (χ1n) is 13.7. The number of para-hydroxylation sites is 2. The summed E-state index contributed by atoms with van der Waals surface area (Å²) in [5.74, 6) is 1.91. The number of benzene rings is 6. The van der Waals surface area contributed by atoms with E-state index in [1.165, 1.54) is 75.2 Å². The molecule has 0 N–H and O–H groups in total. The highest BCUT2D eigenvalue weighted by atomic mass is 32.1. The third-order valence-electron chi connectivity index (χ3n) is 8.87. The second-order valence-electron chi connectivity index (χ2n) is 10.9. The number of nitrogens with zero attached hydrogens (tertiary/aromatic N) is 1. The number of ether oxygens (including phenoxy) is 1. The van der Waals surface area contributed by atoms with E-state index in [0.29, 0.717) is 0 Å². The molecular formula is C36H20BNOS. The van der Waals surface area contributed by atoms with Crippen LogP contribution in [0.15, 0.2) is 121 Å². The molecule has 0 amide bonds. The van der Waals surface area contributed by atoms with Crippen molar-refractivity contribution in [2.75, 3.05) is 0 Å². The maximum absolute atomic E-state index is 6.78. The molecule has 0 atom stereocenters. The summed E-state index contributed by atoms with van der Waals surface area (Å²) >= 11 is 1.87. The van der Waals surface area contributed by atoms with E-state index in [4.69, 9.17) is 4.74 Å². The van der Waals surface area contributed by atoms with Gasteiger partial charge in [0.05, 0.1) is 11.0 Å². The summed E-state index contributed by atoms with van der Waals surface area (Å²) in [7, 11) is 0. The summed E-state index contributed by atoms with van der Waals surface area (Å²) in [6.45, 7) is 0.129. The van der Waals surface area contributed by atoms with Crippen molar-refractivity contribution in [3.63, 3.8) is 0 Å². The fourth-order valence-corrected chi connectivity index (χ4v) is 8.46. The van der Waals surface area contributed by atoms with Gasteiger partial charge in [-0.05, 0) is 63.9 Å². The van der Waals surface area contributed by atoms with Gasteiger partial charge in [0, 0.05) is 36.6 Å². The van der Waals surface area contributed by atoms with Crippen molar-refractivity contribution in [3.8, 4) is 28.3 Å². The highest BCUT2D eigenvalue weighted by Gasteiger charge is 2.40. The Kier molecular flexibility index (Phi) is 3.92. The van der Waals surface area contributed by atoms with Crippen LogP contribution in [0.2, 0.25) is 0 Å². The topological polar surface area (TPSA) is 14.2 Å². The Morgan fingerprint density at radius 1 is 0.600 bits per heavy atom. The van der Waals surface area contributed by atoms with Crippen LogP contribution in [0.5, 0.6) is 11.5 Å². The van der Waals surface area contributed by atoms with Crippen molar-refractivity contribution in [1.82, 2.24) is 4.57 Å². The van der Waals surface area contributed by atoms with Gasteiger partial charge in [-0.1, -0.05) is 84.9 Å². The molecular weight excluding hydrogens is 505 g/mol. The molecule has 4 heterocycles. The van der Waals surface area contributed by atoms with Crippen molar-refractivity contribution in [1.29, 1.82) is 0 Å². The van der Waals surface area contributed by atoms with Crippen LogP contribution in [-0.4, -0.2) is 11.3 Å². The first kappa shape index (κ1) is 21.1. The molecule has 0 spiro atoms. The van der Waals surface area contributed by atoms with Gasteiger partial charge in [-0.25, -0.2) is 0 Å². The van der Waals surface area contributed by atoms with Crippen LogP contribution < -0.4 is 21.1 Å². The summed E-state index contributed by atoms with van der Waals surface area (Å²) in [4.78, 5) is 0. The summed E-state index contributed by atoms with van der Waals surface area (Å²) in [5, 5.41) is 5.21. The minimum Gasteiger partial charge on any atom is -0.458 e. The maximum atomic E-state index is 6.78. The fourth-order valence-electron chi connectivity index (χ4n) is 7.22. The molecule has 184 valence electrons. The van der Waals surface area contributed by atoms with E-state index in [2.05, 4.69) is 126 Å². The second-order valence-corrected chi connectivity index (χ2v) is 11.9. The monoisotopic (exact) mass is 525 g/mol. The average Bonchev–Trinajstić information content (AvgIpc) is 3.56. The normalized spacial score (nSPS) is 13.2. The Balaban J connectivity index is 1.24. The van der Waals surface area contributed by atoms with Crippen LogP contribution in [0, 0.1) is 0 Å². The molecule has 2 aliphatic heterocycles. The van der Waals surface area contributed by atoms with Gasteiger partial charge in [-0.2, -0.15) is 0 Å². The minimum atomic E-state index is 0.129. The third-order valence-corrected chi connectivity index (χ3v) is 10.1. The van der Waals surface area contributed by atoms with Gasteiger partial charge in [-0.15, -0.1) is 11.3 Å². The summed E-state index contributed by atoms with van der Waals surface area (Å²) in [6.07, 6.45) is 0. The van der Waals surface area contributed by atoms with E-state index in [1.54, 1.807) is 0 Å². The van der Waals surface area contributed by atoms with Crippen molar-refractivity contribution < 1.29 is 4.74 Å². The summed E-state index contributed by atoms with van der Waals surface area (Å²) < 4.78 is 11.9. The molecule has 0 aliphatic carbocycles. The lowest BCUT2D eigenvalue weighted by Gasteiger charge is -2.33. The molecule has 0 saturated carbocycles. The van der Waals surface area contributed by atoms with Gasteiger partial charge < -0.3 is 9.30 Å². The number of hydrogen-bond donors (Lipinski definition) is 0. The molecule has 40 heavy (non-hydrogen) atoms. The van der Waals surface area contributed by atoms with Crippen LogP contribution in [0.4, 0.5) is 0 Å². The Labute approximate surface area is 234 Å². The first-order valence-corrected chi connectivity index (χ1v) is 14.5. The highest BCUT2D eigenvalue weighted by Crippen LogP contribution is 2.42. The van der Waals surface area contributed by atoms with E-state index >= 15 is 0 Å². The van der Waals surface area contributed by atoms with E-state index in [-0.39, 0.29) is 6.71 Å². The van der Waals surface area contributed by atoms with Gasteiger partial charge in [0.2, 0.25) is 0 Å². The standard InChI is InChI=1S/C36H20BNOS/c1-4-13-29-23(8-1)25-17-19-31-34-35(25)38(29)30-14-5-3-12-27(30)37(34)28-18-16-21(20-32(28)39-31)22-10-7-11-26-24-9-2-6-15-33(24)40-36(22)26/h1-20H.